The molecule has 17 heavy (non-hydrogen) atoms. The fraction of sp³-hybridized carbons (Fsp3) is 0.818. The van der Waals surface area contributed by atoms with E-state index in [1.165, 1.54) is 5.75 Å². The van der Waals surface area contributed by atoms with Crippen molar-refractivity contribution in [2.24, 2.45) is 0 Å². The summed E-state index contributed by atoms with van der Waals surface area (Å²) in [4.78, 5) is 4.38. The van der Waals surface area contributed by atoms with Crippen molar-refractivity contribution >= 4 is 23.5 Å². The minimum atomic E-state index is -0.360. The molecule has 0 radical (unpaired) electrons. The Hall–Kier alpha value is -0.200. The first-order valence-corrected chi connectivity index (χ1v) is 8.19. The van der Waals surface area contributed by atoms with E-state index in [9.17, 15) is 5.11 Å². The molecule has 0 bridgehead atoms. The Morgan fingerprint density at radius 1 is 1.53 bits per heavy atom. The lowest BCUT2D eigenvalue weighted by atomic mass is 10.1. The fourth-order valence-corrected chi connectivity index (χ4v) is 4.34. The van der Waals surface area contributed by atoms with Crippen molar-refractivity contribution in [3.63, 3.8) is 0 Å². The van der Waals surface area contributed by atoms with Crippen LogP contribution in [0.4, 0.5) is 0 Å². The third kappa shape index (κ3) is 3.89. The highest BCUT2D eigenvalue weighted by molar-refractivity contribution is 8.06. The lowest BCUT2D eigenvalue weighted by molar-refractivity contribution is 0.151. The summed E-state index contributed by atoms with van der Waals surface area (Å²) in [5.74, 6) is 4.78. The molecule has 1 saturated heterocycles. The van der Waals surface area contributed by atoms with E-state index in [0.29, 0.717) is 17.6 Å². The van der Waals surface area contributed by atoms with Crippen molar-refractivity contribution in [3.8, 4) is 0 Å². The summed E-state index contributed by atoms with van der Waals surface area (Å²) in [6, 6.07) is 0. The number of aliphatic hydroxyl groups is 1. The van der Waals surface area contributed by atoms with Gasteiger partial charge in [0.05, 0.1) is 17.8 Å². The van der Waals surface area contributed by atoms with Crippen molar-refractivity contribution in [1.29, 1.82) is 0 Å². The standard InChI is InChI=1S/C11H18N2O2S2/c1-2-3-8(14)6-10-12-11(13-15-10)9-7-16-4-5-17-9/h8-9,14H,2-7H2,1H3. The van der Waals surface area contributed by atoms with Crippen LogP contribution in [0, 0.1) is 0 Å². The van der Waals surface area contributed by atoms with Crippen LogP contribution in [0.2, 0.25) is 0 Å². The molecular formula is C11H18N2O2S2. The molecule has 2 atom stereocenters. The molecule has 2 rings (SSSR count). The largest absolute Gasteiger partial charge is 0.393 e. The third-order valence-corrected chi connectivity index (χ3v) is 5.37. The van der Waals surface area contributed by atoms with Gasteiger partial charge >= 0.3 is 0 Å². The zero-order valence-electron chi connectivity index (χ0n) is 9.96. The molecule has 96 valence electrons. The van der Waals surface area contributed by atoms with Crippen LogP contribution in [0.25, 0.3) is 0 Å². The van der Waals surface area contributed by atoms with Gasteiger partial charge in [0.25, 0.3) is 0 Å². The molecule has 0 aliphatic carbocycles. The normalized spacial score (nSPS) is 22.6. The van der Waals surface area contributed by atoms with Gasteiger partial charge in [-0.05, 0) is 6.42 Å². The molecule has 0 aromatic carbocycles. The van der Waals surface area contributed by atoms with Crippen LogP contribution in [0.15, 0.2) is 4.52 Å². The Morgan fingerprint density at radius 3 is 3.12 bits per heavy atom. The van der Waals surface area contributed by atoms with Crippen LogP contribution in [0.1, 0.15) is 36.7 Å². The molecule has 1 aromatic heterocycles. The molecule has 1 aromatic rings. The average molecular weight is 274 g/mol. The number of hydrogen-bond acceptors (Lipinski definition) is 6. The van der Waals surface area contributed by atoms with Gasteiger partial charge in [0.2, 0.25) is 5.89 Å². The quantitative estimate of drug-likeness (QED) is 0.889. The SMILES string of the molecule is CCCC(O)Cc1nc(C2CSCCS2)no1. The Labute approximate surface area is 110 Å². The van der Waals surface area contributed by atoms with Crippen LogP contribution in [0.3, 0.4) is 0 Å². The van der Waals surface area contributed by atoms with E-state index in [0.717, 1.165) is 30.2 Å². The van der Waals surface area contributed by atoms with E-state index in [1.807, 2.05) is 23.5 Å². The van der Waals surface area contributed by atoms with Crippen molar-refractivity contribution in [2.45, 2.75) is 37.5 Å². The molecule has 1 N–H and O–H groups in total. The van der Waals surface area contributed by atoms with Gasteiger partial charge in [-0.3, -0.25) is 0 Å². The van der Waals surface area contributed by atoms with Gasteiger partial charge in [-0.25, -0.2) is 0 Å². The van der Waals surface area contributed by atoms with E-state index in [2.05, 4.69) is 17.1 Å². The second kappa shape index (κ2) is 6.66. The Bertz CT molecular complexity index is 340. The zero-order chi connectivity index (χ0) is 12.1. The van der Waals surface area contributed by atoms with Gasteiger partial charge in [0, 0.05) is 17.3 Å². The highest BCUT2D eigenvalue weighted by atomic mass is 32.2. The second-order valence-corrected chi connectivity index (χ2v) is 6.59. The molecule has 0 saturated carbocycles. The topological polar surface area (TPSA) is 59.2 Å². The lowest BCUT2D eigenvalue weighted by Crippen LogP contribution is -2.11. The molecule has 0 spiro atoms. The zero-order valence-corrected chi connectivity index (χ0v) is 11.6. The van der Waals surface area contributed by atoms with E-state index in [-0.39, 0.29) is 6.10 Å². The van der Waals surface area contributed by atoms with Gasteiger partial charge in [0.15, 0.2) is 5.82 Å². The van der Waals surface area contributed by atoms with Crippen molar-refractivity contribution in [1.82, 2.24) is 10.1 Å². The Morgan fingerprint density at radius 2 is 2.41 bits per heavy atom. The van der Waals surface area contributed by atoms with Crippen LogP contribution in [-0.2, 0) is 6.42 Å². The van der Waals surface area contributed by atoms with Crippen LogP contribution < -0.4 is 0 Å². The summed E-state index contributed by atoms with van der Waals surface area (Å²) in [6.07, 6.45) is 1.87. The molecule has 4 nitrogen and oxygen atoms in total. The Kier molecular flexibility index (Phi) is 5.18. The van der Waals surface area contributed by atoms with Gasteiger partial charge in [-0.1, -0.05) is 18.5 Å². The maximum Gasteiger partial charge on any atom is 0.229 e. The van der Waals surface area contributed by atoms with E-state index >= 15 is 0 Å². The van der Waals surface area contributed by atoms with E-state index in [4.69, 9.17) is 4.52 Å². The molecule has 1 aliphatic heterocycles. The monoisotopic (exact) mass is 274 g/mol. The Balaban J connectivity index is 1.90. The minimum Gasteiger partial charge on any atom is -0.393 e. The first-order chi connectivity index (χ1) is 8.29. The third-order valence-electron chi connectivity index (χ3n) is 2.62. The molecule has 2 heterocycles. The predicted molar refractivity (Wildman–Crippen MR) is 71.4 cm³/mol. The predicted octanol–water partition coefficient (Wildman–Crippen LogP) is 2.29. The van der Waals surface area contributed by atoms with E-state index < -0.39 is 0 Å². The van der Waals surface area contributed by atoms with Gasteiger partial charge in [-0.2, -0.15) is 16.7 Å². The number of thioether (sulfide) groups is 2. The minimum absolute atomic E-state index is 0.356. The summed E-state index contributed by atoms with van der Waals surface area (Å²) in [5.41, 5.74) is 0. The highest BCUT2D eigenvalue weighted by Gasteiger charge is 2.22. The number of aliphatic hydroxyl groups excluding tert-OH is 1. The summed E-state index contributed by atoms with van der Waals surface area (Å²) in [7, 11) is 0. The number of aromatic nitrogens is 2. The fourth-order valence-electron chi connectivity index (χ4n) is 1.76. The summed E-state index contributed by atoms with van der Waals surface area (Å²) in [6.45, 7) is 2.05. The summed E-state index contributed by atoms with van der Waals surface area (Å²) < 4.78 is 5.19. The molecular weight excluding hydrogens is 256 g/mol. The van der Waals surface area contributed by atoms with Crippen LogP contribution in [0.5, 0.6) is 0 Å². The number of nitrogens with zero attached hydrogens (tertiary/aromatic N) is 2. The lowest BCUT2D eigenvalue weighted by Gasteiger charge is -2.17. The van der Waals surface area contributed by atoms with Crippen LogP contribution in [-0.4, -0.2) is 38.6 Å². The molecule has 1 fully saturated rings. The van der Waals surface area contributed by atoms with E-state index in [1.54, 1.807) is 0 Å². The van der Waals surface area contributed by atoms with Gasteiger partial charge in [-0.15, -0.1) is 11.8 Å². The number of hydrogen-bond donors (Lipinski definition) is 1. The first-order valence-electron chi connectivity index (χ1n) is 5.99. The first kappa shape index (κ1) is 13.2. The van der Waals surface area contributed by atoms with Gasteiger partial charge < -0.3 is 9.63 Å². The smallest absolute Gasteiger partial charge is 0.229 e. The summed E-state index contributed by atoms with van der Waals surface area (Å²) >= 11 is 3.83. The summed E-state index contributed by atoms with van der Waals surface area (Å²) in [5, 5.41) is 14.1. The molecule has 6 heteroatoms. The van der Waals surface area contributed by atoms with Crippen LogP contribution >= 0.6 is 23.5 Å². The second-order valence-electron chi connectivity index (χ2n) is 4.13. The molecule has 0 amide bonds. The maximum absolute atomic E-state index is 9.69. The molecule has 2 unspecified atom stereocenters. The molecule has 1 aliphatic rings. The average Bonchev–Trinajstić information content (AvgIpc) is 2.79. The van der Waals surface area contributed by atoms with Crippen molar-refractivity contribution < 1.29 is 9.63 Å². The number of rotatable bonds is 5. The maximum atomic E-state index is 9.69. The highest BCUT2D eigenvalue weighted by Crippen LogP contribution is 2.35. The van der Waals surface area contributed by atoms with Crippen molar-refractivity contribution in [3.05, 3.63) is 11.7 Å². The van der Waals surface area contributed by atoms with Crippen molar-refractivity contribution in [2.75, 3.05) is 17.3 Å². The van der Waals surface area contributed by atoms with Gasteiger partial charge in [0.1, 0.15) is 0 Å².